The Morgan fingerprint density at radius 3 is 2.79 bits per heavy atom. The molecule has 0 radical (unpaired) electrons. The van der Waals surface area contributed by atoms with E-state index in [9.17, 15) is 0 Å². The zero-order valence-corrected chi connectivity index (χ0v) is 11.1. The van der Waals surface area contributed by atoms with Gasteiger partial charge >= 0.3 is 0 Å². The van der Waals surface area contributed by atoms with Crippen molar-refractivity contribution in [3.05, 3.63) is 41.9 Å². The number of aromatic nitrogens is 3. The van der Waals surface area contributed by atoms with E-state index in [1.165, 1.54) is 5.56 Å². The average molecular weight is 252 g/mol. The van der Waals surface area contributed by atoms with E-state index >= 15 is 0 Å². The van der Waals surface area contributed by atoms with E-state index in [1.807, 2.05) is 13.2 Å². The molecule has 2 heterocycles. The molecule has 0 unspecified atom stereocenters. The summed E-state index contributed by atoms with van der Waals surface area (Å²) in [4.78, 5) is 13.4. The molecular weight excluding hydrogens is 236 g/mol. The highest BCUT2D eigenvalue weighted by atomic mass is 15.0. The number of aryl methyl sites for hydroxylation is 1. The molecule has 0 fully saturated rings. The quantitative estimate of drug-likeness (QED) is 0.727. The van der Waals surface area contributed by atoms with Crippen molar-refractivity contribution in [2.75, 3.05) is 7.05 Å². The van der Waals surface area contributed by atoms with Crippen molar-refractivity contribution in [2.45, 2.75) is 19.9 Å². The molecule has 1 aromatic carbocycles. The van der Waals surface area contributed by atoms with Gasteiger partial charge in [-0.15, -0.1) is 0 Å². The Hall–Kier alpha value is -2.07. The van der Waals surface area contributed by atoms with E-state index in [0.29, 0.717) is 6.54 Å². The van der Waals surface area contributed by atoms with Crippen LogP contribution in [0.25, 0.3) is 21.9 Å². The van der Waals surface area contributed by atoms with Crippen LogP contribution in [-0.2, 0) is 13.0 Å². The standard InChI is InChI=1S/C15H16N4/c1-3-10-4-5-13-11(6-10)7-12-8-17-14(9-16-2)19-15(12)18-13/h4-8,16H,3,9H2,1-2H3. The summed E-state index contributed by atoms with van der Waals surface area (Å²) in [7, 11) is 1.88. The second-order valence-electron chi connectivity index (χ2n) is 4.60. The summed E-state index contributed by atoms with van der Waals surface area (Å²) in [5.74, 6) is 0.770. The van der Waals surface area contributed by atoms with E-state index in [2.05, 4.69) is 51.5 Å². The molecule has 0 spiro atoms. The minimum Gasteiger partial charge on any atom is -0.313 e. The van der Waals surface area contributed by atoms with Gasteiger partial charge in [-0.3, -0.25) is 0 Å². The van der Waals surface area contributed by atoms with Crippen molar-refractivity contribution >= 4 is 21.9 Å². The largest absolute Gasteiger partial charge is 0.313 e. The van der Waals surface area contributed by atoms with Crippen molar-refractivity contribution < 1.29 is 0 Å². The topological polar surface area (TPSA) is 50.7 Å². The fourth-order valence-electron chi connectivity index (χ4n) is 2.18. The summed E-state index contributed by atoms with van der Waals surface area (Å²) in [5, 5.41) is 5.18. The molecule has 0 atom stereocenters. The van der Waals surface area contributed by atoms with Crippen molar-refractivity contribution in [3.63, 3.8) is 0 Å². The fourth-order valence-corrected chi connectivity index (χ4v) is 2.18. The highest BCUT2D eigenvalue weighted by Crippen LogP contribution is 2.19. The molecule has 3 rings (SSSR count). The number of rotatable bonds is 3. The summed E-state index contributed by atoms with van der Waals surface area (Å²) in [6.45, 7) is 2.81. The highest BCUT2D eigenvalue weighted by Gasteiger charge is 2.04. The van der Waals surface area contributed by atoms with E-state index in [1.54, 1.807) is 0 Å². The Morgan fingerprint density at radius 1 is 1.11 bits per heavy atom. The van der Waals surface area contributed by atoms with Gasteiger partial charge in [0.05, 0.1) is 12.1 Å². The third kappa shape index (κ3) is 2.27. The fraction of sp³-hybridized carbons (Fsp3) is 0.267. The van der Waals surface area contributed by atoms with Crippen molar-refractivity contribution in [2.24, 2.45) is 0 Å². The van der Waals surface area contributed by atoms with Crippen LogP contribution in [0.1, 0.15) is 18.3 Å². The van der Waals surface area contributed by atoms with Crippen LogP contribution in [0.15, 0.2) is 30.5 Å². The summed E-state index contributed by atoms with van der Waals surface area (Å²) >= 11 is 0. The molecule has 0 amide bonds. The maximum absolute atomic E-state index is 4.62. The first-order valence-corrected chi connectivity index (χ1v) is 6.50. The van der Waals surface area contributed by atoms with E-state index in [-0.39, 0.29) is 0 Å². The smallest absolute Gasteiger partial charge is 0.163 e. The van der Waals surface area contributed by atoms with Crippen LogP contribution in [0.5, 0.6) is 0 Å². The molecule has 96 valence electrons. The van der Waals surface area contributed by atoms with Crippen molar-refractivity contribution in [1.82, 2.24) is 20.3 Å². The predicted molar refractivity (Wildman–Crippen MR) is 77.0 cm³/mol. The Balaban J connectivity index is 2.19. The molecule has 19 heavy (non-hydrogen) atoms. The van der Waals surface area contributed by atoms with Gasteiger partial charge in [-0.1, -0.05) is 13.0 Å². The summed E-state index contributed by atoms with van der Waals surface area (Å²) in [6, 6.07) is 8.48. The predicted octanol–water partition coefficient (Wildman–Crippen LogP) is 2.46. The molecule has 1 N–H and O–H groups in total. The Kier molecular flexibility index (Phi) is 3.09. The van der Waals surface area contributed by atoms with Crippen LogP contribution in [0.3, 0.4) is 0 Å². The van der Waals surface area contributed by atoms with Crippen LogP contribution in [0, 0.1) is 0 Å². The van der Waals surface area contributed by atoms with Gasteiger partial charge in [0.2, 0.25) is 0 Å². The molecule has 0 aliphatic heterocycles. The van der Waals surface area contributed by atoms with Gasteiger partial charge in [-0.05, 0) is 37.2 Å². The first kappa shape index (κ1) is 12.0. The molecule has 3 aromatic rings. The number of fused-ring (bicyclic) bond motifs is 2. The molecular formula is C15H16N4. The molecule has 4 nitrogen and oxygen atoms in total. The first-order chi connectivity index (χ1) is 9.30. The molecule has 0 saturated heterocycles. The zero-order chi connectivity index (χ0) is 13.2. The van der Waals surface area contributed by atoms with Gasteiger partial charge < -0.3 is 5.32 Å². The number of nitrogens with one attached hydrogen (secondary N) is 1. The van der Waals surface area contributed by atoms with E-state index < -0.39 is 0 Å². The van der Waals surface area contributed by atoms with Gasteiger partial charge in [-0.2, -0.15) is 0 Å². The van der Waals surface area contributed by atoms with Crippen LogP contribution in [-0.4, -0.2) is 22.0 Å². The average Bonchev–Trinajstić information content (AvgIpc) is 2.45. The minimum atomic E-state index is 0.657. The van der Waals surface area contributed by atoms with Crippen LogP contribution >= 0.6 is 0 Å². The lowest BCUT2D eigenvalue weighted by Crippen LogP contribution is -2.09. The molecule has 0 aliphatic carbocycles. The highest BCUT2D eigenvalue weighted by molar-refractivity contribution is 5.90. The summed E-state index contributed by atoms with van der Waals surface area (Å²) < 4.78 is 0. The summed E-state index contributed by atoms with van der Waals surface area (Å²) in [5.41, 5.74) is 3.07. The Morgan fingerprint density at radius 2 is 2.00 bits per heavy atom. The Labute approximate surface area is 111 Å². The Bertz CT molecular complexity index is 737. The van der Waals surface area contributed by atoms with Gasteiger partial charge in [0.15, 0.2) is 5.65 Å². The van der Waals surface area contributed by atoms with E-state index in [4.69, 9.17) is 0 Å². The lowest BCUT2D eigenvalue weighted by Gasteiger charge is -2.04. The van der Waals surface area contributed by atoms with Gasteiger partial charge in [0.1, 0.15) is 5.82 Å². The van der Waals surface area contributed by atoms with Crippen LogP contribution in [0.2, 0.25) is 0 Å². The molecule has 4 heteroatoms. The SMILES string of the molecule is CCc1ccc2nc3nc(CNC)ncc3cc2c1. The lowest BCUT2D eigenvalue weighted by atomic mass is 10.1. The number of benzene rings is 1. The van der Waals surface area contributed by atoms with Crippen molar-refractivity contribution in [3.8, 4) is 0 Å². The zero-order valence-electron chi connectivity index (χ0n) is 11.1. The molecule has 0 saturated carbocycles. The molecule has 0 aliphatic rings. The van der Waals surface area contributed by atoms with Crippen LogP contribution in [0.4, 0.5) is 0 Å². The third-order valence-corrected chi connectivity index (χ3v) is 3.22. The normalized spacial score (nSPS) is 11.3. The maximum Gasteiger partial charge on any atom is 0.163 e. The molecule has 0 bridgehead atoms. The second kappa shape index (κ2) is 4.90. The number of nitrogens with zero attached hydrogens (tertiary/aromatic N) is 3. The first-order valence-electron chi connectivity index (χ1n) is 6.50. The molecule has 2 aromatic heterocycles. The van der Waals surface area contributed by atoms with E-state index in [0.717, 1.165) is 34.2 Å². The number of pyridine rings is 1. The van der Waals surface area contributed by atoms with Gasteiger partial charge in [-0.25, -0.2) is 15.0 Å². The number of hydrogen-bond acceptors (Lipinski definition) is 4. The maximum atomic E-state index is 4.62. The van der Waals surface area contributed by atoms with Gasteiger partial charge in [0.25, 0.3) is 0 Å². The van der Waals surface area contributed by atoms with Crippen molar-refractivity contribution in [1.29, 1.82) is 0 Å². The third-order valence-electron chi connectivity index (χ3n) is 3.22. The lowest BCUT2D eigenvalue weighted by molar-refractivity contribution is 0.763. The summed E-state index contributed by atoms with van der Waals surface area (Å²) in [6.07, 6.45) is 2.88. The monoisotopic (exact) mass is 252 g/mol. The second-order valence-corrected chi connectivity index (χ2v) is 4.60. The van der Waals surface area contributed by atoms with Gasteiger partial charge in [0, 0.05) is 17.0 Å². The number of hydrogen-bond donors (Lipinski definition) is 1. The van der Waals surface area contributed by atoms with Crippen LogP contribution < -0.4 is 5.32 Å². The minimum absolute atomic E-state index is 0.657.